The molecule has 1 fully saturated rings. The number of hydrogen-bond donors (Lipinski definition) is 2. The first-order valence-electron chi connectivity index (χ1n) is 9.92. The number of anilines is 3. The highest BCUT2D eigenvalue weighted by Crippen LogP contribution is 2.39. The van der Waals surface area contributed by atoms with Crippen LogP contribution in [0.25, 0.3) is 10.9 Å². The SMILES string of the molecule is CO[C@@H]1CCN(S(=O)(=O)Nc2cc(F)c(F)c(Nc3ccc4ncn(C)c(=O)c4c3Cl)c2Cl)C1. The van der Waals surface area contributed by atoms with Gasteiger partial charge in [0.1, 0.15) is 0 Å². The van der Waals surface area contributed by atoms with Crippen molar-refractivity contribution in [2.24, 2.45) is 7.05 Å². The third-order valence-electron chi connectivity index (χ3n) is 5.46. The number of nitrogens with one attached hydrogen (secondary N) is 2. The quantitative estimate of drug-likeness (QED) is 0.468. The Morgan fingerprint density at radius 2 is 1.94 bits per heavy atom. The zero-order chi connectivity index (χ0) is 24.8. The van der Waals surface area contributed by atoms with E-state index in [-0.39, 0.29) is 41.0 Å². The summed E-state index contributed by atoms with van der Waals surface area (Å²) in [6.07, 6.45) is 1.54. The Balaban J connectivity index is 1.72. The molecule has 1 aliphatic heterocycles. The van der Waals surface area contributed by atoms with Crippen LogP contribution in [0.2, 0.25) is 10.0 Å². The minimum absolute atomic E-state index is 0.0435. The number of hydrogen-bond acceptors (Lipinski definition) is 6. The maximum atomic E-state index is 14.7. The van der Waals surface area contributed by atoms with Crippen molar-refractivity contribution >= 4 is 61.4 Å². The number of rotatable bonds is 6. The zero-order valence-corrected chi connectivity index (χ0v) is 20.2. The Labute approximate surface area is 203 Å². The largest absolute Gasteiger partial charge is 0.380 e. The van der Waals surface area contributed by atoms with E-state index in [1.807, 2.05) is 0 Å². The molecule has 0 spiro atoms. The molecule has 2 aromatic carbocycles. The second kappa shape index (κ2) is 9.27. The molecule has 1 aromatic heterocycles. The van der Waals surface area contributed by atoms with Gasteiger partial charge >= 0.3 is 10.2 Å². The Kier molecular flexibility index (Phi) is 6.71. The number of aryl methyl sites for hydroxylation is 1. The van der Waals surface area contributed by atoms with E-state index < -0.39 is 38.1 Å². The van der Waals surface area contributed by atoms with E-state index in [9.17, 15) is 22.0 Å². The van der Waals surface area contributed by atoms with E-state index in [1.165, 1.54) is 37.2 Å². The lowest BCUT2D eigenvalue weighted by atomic mass is 10.2. The minimum atomic E-state index is -4.12. The summed E-state index contributed by atoms with van der Waals surface area (Å²) in [5.41, 5.74) is -1.03. The average molecular weight is 534 g/mol. The molecule has 14 heteroatoms. The van der Waals surface area contributed by atoms with Crippen LogP contribution in [-0.2, 0) is 22.0 Å². The number of benzene rings is 2. The topological polar surface area (TPSA) is 106 Å². The number of methoxy groups -OCH3 is 1. The van der Waals surface area contributed by atoms with Crippen LogP contribution in [0.1, 0.15) is 6.42 Å². The number of nitrogens with zero attached hydrogens (tertiary/aromatic N) is 3. The summed E-state index contributed by atoms with van der Waals surface area (Å²) in [5, 5.41) is 2.12. The summed E-state index contributed by atoms with van der Waals surface area (Å²) in [6.45, 7) is 0.295. The van der Waals surface area contributed by atoms with Crippen LogP contribution in [-0.4, -0.2) is 48.6 Å². The number of halogens is 4. The van der Waals surface area contributed by atoms with Crippen LogP contribution in [0.5, 0.6) is 0 Å². The molecule has 2 heterocycles. The highest BCUT2D eigenvalue weighted by atomic mass is 35.5. The van der Waals surface area contributed by atoms with Gasteiger partial charge in [-0.15, -0.1) is 0 Å². The highest BCUT2D eigenvalue weighted by Gasteiger charge is 2.32. The van der Waals surface area contributed by atoms with Gasteiger partial charge in [-0.1, -0.05) is 23.2 Å². The van der Waals surface area contributed by atoms with Crippen LogP contribution >= 0.6 is 23.2 Å². The molecule has 0 amide bonds. The van der Waals surface area contributed by atoms with E-state index in [1.54, 1.807) is 0 Å². The number of fused-ring (bicyclic) bond motifs is 1. The standard InChI is InChI=1S/C20H19Cl2F2N5O4S/c1-28-9-25-12-3-4-13(16(21)15(12)20(28)30)26-19-17(22)14(7-11(23)18(19)24)27-34(31,32)29-6-5-10(8-29)33-2/h3-4,7,9-10,26-27H,5-6,8H2,1-2H3/t10-/m1/s1. The number of aromatic nitrogens is 2. The third kappa shape index (κ3) is 4.43. The van der Waals surface area contributed by atoms with Crippen molar-refractivity contribution in [3.8, 4) is 0 Å². The molecule has 1 atom stereocenters. The van der Waals surface area contributed by atoms with Gasteiger partial charge in [0.2, 0.25) is 0 Å². The molecular formula is C20H19Cl2F2N5O4S. The molecule has 0 unspecified atom stereocenters. The van der Waals surface area contributed by atoms with Gasteiger partial charge in [0.05, 0.1) is 50.4 Å². The van der Waals surface area contributed by atoms with Crippen LogP contribution < -0.4 is 15.6 Å². The number of ether oxygens (including phenoxy) is 1. The fourth-order valence-corrected chi connectivity index (χ4v) is 5.44. The van der Waals surface area contributed by atoms with E-state index in [0.717, 1.165) is 4.31 Å². The fourth-order valence-electron chi connectivity index (χ4n) is 3.59. The predicted molar refractivity (Wildman–Crippen MR) is 126 cm³/mol. The van der Waals surface area contributed by atoms with E-state index in [4.69, 9.17) is 27.9 Å². The minimum Gasteiger partial charge on any atom is -0.380 e. The van der Waals surface area contributed by atoms with E-state index >= 15 is 0 Å². The van der Waals surface area contributed by atoms with Gasteiger partial charge < -0.3 is 14.6 Å². The molecule has 1 saturated heterocycles. The van der Waals surface area contributed by atoms with Crippen molar-refractivity contribution in [2.75, 3.05) is 30.2 Å². The lowest BCUT2D eigenvalue weighted by Crippen LogP contribution is -2.35. The fraction of sp³-hybridized carbons (Fsp3) is 0.300. The van der Waals surface area contributed by atoms with Crippen molar-refractivity contribution in [3.05, 3.63) is 56.6 Å². The van der Waals surface area contributed by atoms with Crippen LogP contribution in [0.4, 0.5) is 25.8 Å². The van der Waals surface area contributed by atoms with Gasteiger partial charge in [-0.3, -0.25) is 9.52 Å². The summed E-state index contributed by atoms with van der Waals surface area (Å²) in [7, 11) is -1.16. The van der Waals surface area contributed by atoms with Crippen LogP contribution in [0.3, 0.4) is 0 Å². The summed E-state index contributed by atoms with van der Waals surface area (Å²) in [4.78, 5) is 16.6. The van der Waals surface area contributed by atoms with Crippen molar-refractivity contribution in [2.45, 2.75) is 12.5 Å². The first-order chi connectivity index (χ1) is 16.0. The molecular weight excluding hydrogens is 515 g/mol. The molecule has 0 bridgehead atoms. The molecule has 0 saturated carbocycles. The molecule has 1 aliphatic rings. The smallest absolute Gasteiger partial charge is 0.301 e. The Morgan fingerprint density at radius 3 is 2.62 bits per heavy atom. The Morgan fingerprint density at radius 1 is 1.21 bits per heavy atom. The summed E-state index contributed by atoms with van der Waals surface area (Å²) < 4.78 is 64.3. The van der Waals surface area contributed by atoms with Gasteiger partial charge in [0, 0.05) is 33.3 Å². The first-order valence-corrected chi connectivity index (χ1v) is 12.1. The maximum absolute atomic E-state index is 14.7. The van der Waals surface area contributed by atoms with Crippen molar-refractivity contribution in [3.63, 3.8) is 0 Å². The lowest BCUT2D eigenvalue weighted by molar-refractivity contribution is 0.115. The molecule has 182 valence electrons. The van der Waals surface area contributed by atoms with Gasteiger partial charge in [-0.2, -0.15) is 12.7 Å². The van der Waals surface area contributed by atoms with E-state index in [0.29, 0.717) is 18.0 Å². The molecule has 4 rings (SSSR count). The van der Waals surface area contributed by atoms with Gasteiger partial charge in [-0.05, 0) is 18.6 Å². The first kappa shape index (κ1) is 24.6. The summed E-state index contributed by atoms with van der Waals surface area (Å²) in [6, 6.07) is 3.53. The molecule has 34 heavy (non-hydrogen) atoms. The lowest BCUT2D eigenvalue weighted by Gasteiger charge is -2.20. The highest BCUT2D eigenvalue weighted by molar-refractivity contribution is 7.90. The van der Waals surface area contributed by atoms with Crippen molar-refractivity contribution < 1.29 is 21.9 Å². The normalized spacial score (nSPS) is 16.8. The van der Waals surface area contributed by atoms with Gasteiger partial charge in [0.25, 0.3) is 5.56 Å². The maximum Gasteiger partial charge on any atom is 0.301 e. The summed E-state index contributed by atoms with van der Waals surface area (Å²) >= 11 is 12.6. The second-order valence-corrected chi connectivity index (χ2v) is 10.1. The third-order valence-corrected chi connectivity index (χ3v) is 7.73. The van der Waals surface area contributed by atoms with Crippen LogP contribution in [0.15, 0.2) is 29.3 Å². The molecule has 9 nitrogen and oxygen atoms in total. The van der Waals surface area contributed by atoms with Gasteiger partial charge in [0.15, 0.2) is 11.6 Å². The molecule has 0 radical (unpaired) electrons. The van der Waals surface area contributed by atoms with E-state index in [2.05, 4.69) is 15.0 Å². The van der Waals surface area contributed by atoms with Gasteiger partial charge in [-0.25, -0.2) is 13.8 Å². The Hall–Kier alpha value is -2.51. The molecule has 2 N–H and O–H groups in total. The summed E-state index contributed by atoms with van der Waals surface area (Å²) in [5.74, 6) is -2.71. The Bertz CT molecular complexity index is 1450. The average Bonchev–Trinajstić information content (AvgIpc) is 3.29. The second-order valence-electron chi connectivity index (χ2n) is 7.63. The molecule has 3 aromatic rings. The van der Waals surface area contributed by atoms with Crippen molar-refractivity contribution in [1.82, 2.24) is 13.9 Å². The van der Waals surface area contributed by atoms with Crippen LogP contribution in [0, 0.1) is 11.6 Å². The molecule has 0 aliphatic carbocycles. The van der Waals surface area contributed by atoms with Crippen molar-refractivity contribution in [1.29, 1.82) is 0 Å². The monoisotopic (exact) mass is 533 g/mol. The zero-order valence-electron chi connectivity index (χ0n) is 17.9. The predicted octanol–water partition coefficient (Wildman–Crippen LogP) is 3.64.